The molecule has 0 radical (unpaired) electrons. The Hall–Kier alpha value is -2.41. The lowest BCUT2D eigenvalue weighted by molar-refractivity contribution is 0.0967. The Morgan fingerprint density at radius 3 is 2.53 bits per heavy atom. The molecule has 0 bridgehead atoms. The number of hydrogen-bond donors (Lipinski definition) is 1. The molecule has 3 aliphatic rings. The number of anilines is 1. The monoisotopic (exact) mass is 618 g/mol. The largest absolute Gasteiger partial charge is 0.347 e. The molecule has 7 rings (SSSR count). The van der Waals surface area contributed by atoms with E-state index in [-0.39, 0.29) is 11.8 Å². The third-order valence-corrected chi connectivity index (χ3v) is 9.88. The molecule has 12 heteroatoms. The molecule has 0 spiro atoms. The average molecular weight is 620 g/mol. The summed E-state index contributed by atoms with van der Waals surface area (Å²) in [6.45, 7) is 1.22. The maximum absolute atomic E-state index is 12.6. The van der Waals surface area contributed by atoms with E-state index in [4.69, 9.17) is 0 Å². The van der Waals surface area contributed by atoms with E-state index in [1.54, 1.807) is 11.2 Å². The molecule has 0 atom stereocenters. The summed E-state index contributed by atoms with van der Waals surface area (Å²) in [5.74, 6) is 1.49. The number of fused-ring (bicyclic) bond motifs is 2. The predicted molar refractivity (Wildman–Crippen MR) is 137 cm³/mol. The summed E-state index contributed by atoms with van der Waals surface area (Å²) < 4.78 is 4.11. The highest BCUT2D eigenvalue weighted by Gasteiger charge is 2.33. The Labute approximate surface area is 219 Å². The van der Waals surface area contributed by atoms with Crippen molar-refractivity contribution in [1.82, 2.24) is 25.1 Å². The van der Waals surface area contributed by atoms with E-state index in [1.165, 1.54) is 22.7 Å². The van der Waals surface area contributed by atoms with Crippen LogP contribution in [-0.2, 0) is 13.1 Å². The van der Waals surface area contributed by atoms with Gasteiger partial charge in [-0.25, -0.2) is 4.98 Å². The van der Waals surface area contributed by atoms with Gasteiger partial charge in [-0.05, 0) is 56.8 Å². The Morgan fingerprint density at radius 1 is 1.03 bits per heavy atom. The molecule has 0 aromatic carbocycles. The lowest BCUT2D eigenvalue weighted by Crippen LogP contribution is -2.24. The van der Waals surface area contributed by atoms with Crippen LogP contribution in [0, 0.1) is 0 Å². The second-order valence-electron chi connectivity index (χ2n) is 8.03. The van der Waals surface area contributed by atoms with E-state index in [0.29, 0.717) is 24.9 Å². The highest BCUT2D eigenvalue weighted by atomic mass is 79.9. The number of halogens is 2. The van der Waals surface area contributed by atoms with Crippen molar-refractivity contribution in [3.63, 3.8) is 0 Å². The zero-order valence-electron chi connectivity index (χ0n) is 17.5. The summed E-state index contributed by atoms with van der Waals surface area (Å²) in [5, 5.41) is 14.9. The molecule has 2 aliphatic heterocycles. The van der Waals surface area contributed by atoms with Crippen LogP contribution in [0.3, 0.4) is 0 Å². The molecule has 1 fully saturated rings. The van der Waals surface area contributed by atoms with Crippen molar-refractivity contribution in [3.8, 4) is 11.5 Å². The number of nitrogens with zero attached hydrogens (tertiary/aromatic N) is 5. The lowest BCUT2D eigenvalue weighted by atomic mass is 10.3. The van der Waals surface area contributed by atoms with Crippen LogP contribution in [0.1, 0.15) is 49.4 Å². The second-order valence-corrected chi connectivity index (χ2v) is 11.5. The molecule has 0 saturated heterocycles. The van der Waals surface area contributed by atoms with Crippen molar-refractivity contribution in [3.05, 3.63) is 65.1 Å². The van der Waals surface area contributed by atoms with Crippen molar-refractivity contribution in [2.75, 3.05) is 4.90 Å². The topological polar surface area (TPSA) is 93.0 Å². The summed E-state index contributed by atoms with van der Waals surface area (Å²) in [7, 11) is 0. The normalized spacial score (nSPS) is 16.2. The Balaban J connectivity index is 0.000000182. The van der Waals surface area contributed by atoms with Crippen LogP contribution < -0.4 is 10.2 Å². The fraction of sp³-hybridized carbons (Fsp3) is 0.227. The maximum Gasteiger partial charge on any atom is 0.270 e. The number of rotatable bonds is 3. The second kappa shape index (κ2) is 8.67. The third kappa shape index (κ3) is 3.82. The Morgan fingerprint density at radius 2 is 1.79 bits per heavy atom. The zero-order valence-corrected chi connectivity index (χ0v) is 22.3. The van der Waals surface area contributed by atoms with Crippen molar-refractivity contribution < 1.29 is 9.59 Å². The summed E-state index contributed by atoms with van der Waals surface area (Å²) in [5.41, 5.74) is 2.90. The zero-order chi connectivity index (χ0) is 23.4. The summed E-state index contributed by atoms with van der Waals surface area (Å²) >= 11 is 9.83. The van der Waals surface area contributed by atoms with Crippen LogP contribution in [0.2, 0.25) is 0 Å². The minimum Gasteiger partial charge on any atom is -0.347 e. The first kappa shape index (κ1) is 22.1. The van der Waals surface area contributed by atoms with Gasteiger partial charge in [0.15, 0.2) is 5.82 Å². The maximum atomic E-state index is 12.6. The van der Waals surface area contributed by atoms with Gasteiger partial charge in [0.1, 0.15) is 17.8 Å². The molecule has 34 heavy (non-hydrogen) atoms. The minimum atomic E-state index is 0.00834. The van der Waals surface area contributed by atoms with Gasteiger partial charge in [0.2, 0.25) is 0 Å². The van der Waals surface area contributed by atoms with Crippen LogP contribution in [0.4, 0.5) is 5.82 Å². The van der Waals surface area contributed by atoms with Gasteiger partial charge in [-0.15, -0.1) is 32.9 Å². The van der Waals surface area contributed by atoms with Crippen molar-refractivity contribution >= 4 is 72.2 Å². The molecule has 4 aromatic heterocycles. The quantitative estimate of drug-likeness (QED) is 0.331. The first-order chi connectivity index (χ1) is 16.5. The fourth-order valence-corrected chi connectivity index (χ4v) is 7.18. The highest BCUT2D eigenvalue weighted by molar-refractivity contribution is 9.10. The van der Waals surface area contributed by atoms with E-state index in [2.05, 4.69) is 56.9 Å². The molecule has 0 unspecified atom stereocenters. The van der Waals surface area contributed by atoms with Gasteiger partial charge in [-0.2, -0.15) is 0 Å². The molecule has 1 N–H and O–H groups in total. The molecule has 172 valence electrons. The lowest BCUT2D eigenvalue weighted by Gasteiger charge is -2.15. The minimum absolute atomic E-state index is 0.00834. The number of amides is 2. The van der Waals surface area contributed by atoms with Crippen molar-refractivity contribution in [2.24, 2.45) is 0 Å². The number of thiophene rings is 2. The van der Waals surface area contributed by atoms with Gasteiger partial charge >= 0.3 is 0 Å². The average Bonchev–Trinajstić information content (AvgIpc) is 3.21. The van der Waals surface area contributed by atoms with Crippen LogP contribution >= 0.6 is 54.5 Å². The summed E-state index contributed by atoms with van der Waals surface area (Å²) in [4.78, 5) is 31.6. The fourth-order valence-electron chi connectivity index (χ4n) is 3.94. The number of aromatic nitrogens is 4. The van der Waals surface area contributed by atoms with Gasteiger partial charge in [-0.1, -0.05) is 6.07 Å². The summed E-state index contributed by atoms with van der Waals surface area (Å²) in [6, 6.07) is 6.18. The van der Waals surface area contributed by atoms with Gasteiger partial charge < -0.3 is 9.88 Å². The van der Waals surface area contributed by atoms with E-state index < -0.39 is 0 Å². The van der Waals surface area contributed by atoms with Gasteiger partial charge in [0.05, 0.1) is 16.3 Å². The number of carbonyl (C=O) groups excluding carboxylic acids is 2. The SMILES string of the molecule is O=C1NCc2c(Br)csc21.O=C1c2scc(Br)c2CN1c1cccc(-c2nncn2C2CC2)n1. The predicted octanol–water partition coefficient (Wildman–Crippen LogP) is 5.41. The Kier molecular flexibility index (Phi) is 5.63. The first-order valence-electron chi connectivity index (χ1n) is 10.5. The molecular formula is C22H16Br2N6O2S2. The molecule has 1 saturated carbocycles. The first-order valence-corrected chi connectivity index (χ1v) is 13.8. The van der Waals surface area contributed by atoms with E-state index in [0.717, 1.165) is 54.2 Å². The molecule has 8 nitrogen and oxygen atoms in total. The number of carbonyl (C=O) groups is 2. The number of hydrogen-bond acceptors (Lipinski definition) is 7. The van der Waals surface area contributed by atoms with E-state index >= 15 is 0 Å². The Bertz CT molecular complexity index is 1440. The molecule has 4 aromatic rings. The van der Waals surface area contributed by atoms with Crippen LogP contribution in [0.25, 0.3) is 11.5 Å². The summed E-state index contributed by atoms with van der Waals surface area (Å²) in [6.07, 6.45) is 4.07. The molecule has 1 aliphatic carbocycles. The van der Waals surface area contributed by atoms with Crippen molar-refractivity contribution in [1.29, 1.82) is 0 Å². The van der Waals surface area contributed by atoms with Gasteiger partial charge in [0.25, 0.3) is 11.8 Å². The van der Waals surface area contributed by atoms with Crippen LogP contribution in [0.5, 0.6) is 0 Å². The number of pyridine rings is 1. The number of nitrogens with one attached hydrogen (secondary N) is 1. The highest BCUT2D eigenvalue weighted by Crippen LogP contribution is 2.39. The molecule has 2 amide bonds. The van der Waals surface area contributed by atoms with E-state index in [1.807, 2.05) is 29.0 Å². The van der Waals surface area contributed by atoms with Gasteiger partial charge in [0, 0.05) is 43.4 Å². The van der Waals surface area contributed by atoms with E-state index in [9.17, 15) is 9.59 Å². The molecule has 6 heterocycles. The molecular weight excluding hydrogens is 604 g/mol. The standard InChI is InChI=1S/C16H12BrN5OS.C6H4BrNOS/c17-11-7-24-14-10(11)6-21(16(14)23)13-3-1-2-12(19-13)15-20-18-8-22(15)9-4-5-9;7-4-2-10-5-3(4)1-8-6(5)9/h1-3,7-9H,4-6H2;2H,1H2,(H,8,9). The van der Waals surface area contributed by atoms with Crippen molar-refractivity contribution in [2.45, 2.75) is 32.0 Å². The van der Waals surface area contributed by atoms with Crippen LogP contribution in [-0.4, -0.2) is 31.6 Å². The van der Waals surface area contributed by atoms with Crippen LogP contribution in [0.15, 0.2) is 44.2 Å². The smallest absolute Gasteiger partial charge is 0.270 e. The third-order valence-electron chi connectivity index (χ3n) is 5.83. The van der Waals surface area contributed by atoms with Gasteiger partial charge in [-0.3, -0.25) is 14.5 Å².